The van der Waals surface area contributed by atoms with E-state index in [2.05, 4.69) is 5.32 Å². The number of halogens is 2. The number of hydrogen-bond acceptors (Lipinski definition) is 2. The number of carbonyl (C=O) groups is 1. The SMILES string of the molecule is O=C(NC1CCC(O)CC1)c1cc(F)cc(F)c1. The molecule has 2 N–H and O–H groups in total. The number of hydrogen-bond donors (Lipinski definition) is 2. The molecule has 0 bridgehead atoms. The number of aliphatic hydroxyl groups excluding tert-OH is 1. The molecule has 98 valence electrons. The first-order valence-corrected chi connectivity index (χ1v) is 5.99. The zero-order valence-electron chi connectivity index (χ0n) is 9.83. The molecule has 0 radical (unpaired) electrons. The average Bonchev–Trinajstić information content (AvgIpc) is 2.31. The van der Waals surface area contributed by atoms with Crippen LogP contribution in [0.25, 0.3) is 0 Å². The van der Waals surface area contributed by atoms with Crippen LogP contribution in [-0.4, -0.2) is 23.2 Å². The van der Waals surface area contributed by atoms with Gasteiger partial charge in [0.15, 0.2) is 0 Å². The molecule has 3 nitrogen and oxygen atoms in total. The van der Waals surface area contributed by atoms with Gasteiger partial charge in [-0.1, -0.05) is 0 Å². The van der Waals surface area contributed by atoms with Crippen molar-refractivity contribution in [3.8, 4) is 0 Å². The van der Waals surface area contributed by atoms with Crippen LogP contribution in [0.1, 0.15) is 36.0 Å². The van der Waals surface area contributed by atoms with Crippen LogP contribution in [0.4, 0.5) is 8.78 Å². The second-order valence-electron chi connectivity index (χ2n) is 4.64. The molecule has 1 saturated carbocycles. The van der Waals surface area contributed by atoms with Crippen LogP contribution in [0, 0.1) is 11.6 Å². The van der Waals surface area contributed by atoms with E-state index in [-0.39, 0.29) is 17.7 Å². The molecule has 0 atom stereocenters. The fourth-order valence-corrected chi connectivity index (χ4v) is 2.17. The van der Waals surface area contributed by atoms with Gasteiger partial charge in [0.25, 0.3) is 5.91 Å². The van der Waals surface area contributed by atoms with Crippen molar-refractivity contribution < 1.29 is 18.7 Å². The van der Waals surface area contributed by atoms with Crippen molar-refractivity contribution in [2.45, 2.75) is 37.8 Å². The smallest absolute Gasteiger partial charge is 0.251 e. The first-order chi connectivity index (χ1) is 8.54. The summed E-state index contributed by atoms with van der Waals surface area (Å²) in [5, 5.41) is 12.1. The Morgan fingerprint density at radius 3 is 2.22 bits per heavy atom. The molecule has 1 amide bonds. The molecular weight excluding hydrogens is 240 g/mol. The number of aliphatic hydroxyl groups is 1. The average molecular weight is 255 g/mol. The highest BCUT2D eigenvalue weighted by atomic mass is 19.1. The molecule has 5 heteroatoms. The molecule has 0 aliphatic heterocycles. The summed E-state index contributed by atoms with van der Waals surface area (Å²) in [6.07, 6.45) is 2.35. The van der Waals surface area contributed by atoms with Crippen molar-refractivity contribution in [3.63, 3.8) is 0 Å². The maximum atomic E-state index is 13.0. The Hall–Kier alpha value is -1.49. The van der Waals surface area contributed by atoms with Crippen LogP contribution in [0.3, 0.4) is 0 Å². The van der Waals surface area contributed by atoms with Gasteiger partial charge in [-0.2, -0.15) is 0 Å². The zero-order chi connectivity index (χ0) is 13.1. The van der Waals surface area contributed by atoms with Gasteiger partial charge >= 0.3 is 0 Å². The fraction of sp³-hybridized carbons (Fsp3) is 0.462. The third-order valence-corrected chi connectivity index (χ3v) is 3.16. The van der Waals surface area contributed by atoms with Crippen LogP contribution in [0.5, 0.6) is 0 Å². The molecule has 1 aliphatic carbocycles. The van der Waals surface area contributed by atoms with Crippen molar-refractivity contribution in [1.82, 2.24) is 5.32 Å². The Morgan fingerprint density at radius 1 is 1.11 bits per heavy atom. The Labute approximate surface area is 104 Å². The third kappa shape index (κ3) is 3.26. The lowest BCUT2D eigenvalue weighted by molar-refractivity contribution is 0.0867. The van der Waals surface area contributed by atoms with Gasteiger partial charge in [0.2, 0.25) is 0 Å². The van der Waals surface area contributed by atoms with Crippen molar-refractivity contribution >= 4 is 5.91 Å². The maximum absolute atomic E-state index is 13.0. The van der Waals surface area contributed by atoms with E-state index in [1.165, 1.54) is 0 Å². The van der Waals surface area contributed by atoms with Crippen molar-refractivity contribution in [3.05, 3.63) is 35.4 Å². The summed E-state index contributed by atoms with van der Waals surface area (Å²) >= 11 is 0. The molecule has 1 aromatic carbocycles. The van der Waals surface area contributed by atoms with Crippen LogP contribution in [-0.2, 0) is 0 Å². The van der Waals surface area contributed by atoms with E-state index in [0.717, 1.165) is 18.2 Å². The normalized spacial score (nSPS) is 23.7. The summed E-state index contributed by atoms with van der Waals surface area (Å²) in [4.78, 5) is 11.8. The van der Waals surface area contributed by atoms with Gasteiger partial charge in [0.1, 0.15) is 11.6 Å². The predicted molar refractivity (Wildman–Crippen MR) is 62.1 cm³/mol. The lowest BCUT2D eigenvalue weighted by atomic mass is 9.93. The third-order valence-electron chi connectivity index (χ3n) is 3.16. The molecule has 18 heavy (non-hydrogen) atoms. The van der Waals surface area contributed by atoms with Crippen molar-refractivity contribution in [2.75, 3.05) is 0 Å². The van der Waals surface area contributed by atoms with Gasteiger partial charge in [0.05, 0.1) is 6.10 Å². The molecule has 1 aromatic rings. The Balaban J connectivity index is 1.99. The summed E-state index contributed by atoms with van der Waals surface area (Å²) in [5.74, 6) is -2.01. The van der Waals surface area contributed by atoms with Gasteiger partial charge in [0, 0.05) is 17.7 Å². The quantitative estimate of drug-likeness (QED) is 0.849. The summed E-state index contributed by atoms with van der Waals surface area (Å²) < 4.78 is 25.9. The Kier molecular flexibility index (Phi) is 3.91. The van der Waals surface area contributed by atoms with E-state index < -0.39 is 17.5 Å². The molecule has 0 heterocycles. The Morgan fingerprint density at radius 2 is 1.67 bits per heavy atom. The van der Waals surface area contributed by atoms with Gasteiger partial charge in [-0.05, 0) is 37.8 Å². The minimum absolute atomic E-state index is 0.0152. The highest BCUT2D eigenvalue weighted by molar-refractivity contribution is 5.94. The highest BCUT2D eigenvalue weighted by Crippen LogP contribution is 2.19. The van der Waals surface area contributed by atoms with E-state index in [1.54, 1.807) is 0 Å². The van der Waals surface area contributed by atoms with Gasteiger partial charge in [-0.3, -0.25) is 4.79 Å². The summed E-state index contributed by atoms with van der Waals surface area (Å²) in [6.45, 7) is 0. The van der Waals surface area contributed by atoms with Crippen LogP contribution >= 0.6 is 0 Å². The molecule has 0 aromatic heterocycles. The number of amides is 1. The van der Waals surface area contributed by atoms with Crippen molar-refractivity contribution in [2.24, 2.45) is 0 Å². The molecule has 2 rings (SSSR count). The second-order valence-corrected chi connectivity index (χ2v) is 4.64. The fourth-order valence-electron chi connectivity index (χ4n) is 2.17. The molecule has 1 aliphatic rings. The molecule has 1 fully saturated rings. The van der Waals surface area contributed by atoms with Gasteiger partial charge in [-0.15, -0.1) is 0 Å². The molecule has 0 saturated heterocycles. The van der Waals surface area contributed by atoms with E-state index in [0.29, 0.717) is 25.7 Å². The first-order valence-electron chi connectivity index (χ1n) is 5.99. The van der Waals surface area contributed by atoms with E-state index in [9.17, 15) is 18.7 Å². The zero-order valence-corrected chi connectivity index (χ0v) is 9.83. The lowest BCUT2D eigenvalue weighted by Crippen LogP contribution is -2.38. The number of carbonyl (C=O) groups excluding carboxylic acids is 1. The minimum atomic E-state index is -0.765. The summed E-state index contributed by atoms with van der Waals surface area (Å²) in [7, 11) is 0. The topological polar surface area (TPSA) is 49.3 Å². The number of nitrogens with one attached hydrogen (secondary N) is 1. The second kappa shape index (κ2) is 5.44. The van der Waals surface area contributed by atoms with Gasteiger partial charge in [-0.25, -0.2) is 8.78 Å². The maximum Gasteiger partial charge on any atom is 0.251 e. The highest BCUT2D eigenvalue weighted by Gasteiger charge is 2.21. The largest absolute Gasteiger partial charge is 0.393 e. The van der Waals surface area contributed by atoms with E-state index >= 15 is 0 Å². The summed E-state index contributed by atoms with van der Waals surface area (Å²) in [6, 6.07) is 2.71. The van der Waals surface area contributed by atoms with Crippen LogP contribution in [0.2, 0.25) is 0 Å². The Bertz CT molecular complexity index is 422. The van der Waals surface area contributed by atoms with Crippen molar-refractivity contribution in [1.29, 1.82) is 0 Å². The van der Waals surface area contributed by atoms with E-state index in [1.807, 2.05) is 0 Å². The standard InChI is InChI=1S/C13H15F2NO2/c14-9-5-8(6-10(15)7-9)13(18)16-11-1-3-12(17)4-2-11/h5-7,11-12,17H,1-4H2,(H,16,18). The number of benzene rings is 1. The lowest BCUT2D eigenvalue weighted by Gasteiger charge is -2.26. The first kappa shape index (κ1) is 13.0. The van der Waals surface area contributed by atoms with Gasteiger partial charge < -0.3 is 10.4 Å². The van der Waals surface area contributed by atoms with Crippen LogP contribution < -0.4 is 5.32 Å². The molecular formula is C13H15F2NO2. The predicted octanol–water partition coefficient (Wildman–Crippen LogP) is 2.00. The summed E-state index contributed by atoms with van der Waals surface area (Å²) in [5.41, 5.74) is -0.0152. The monoisotopic (exact) mass is 255 g/mol. The number of rotatable bonds is 2. The molecule has 0 unspecified atom stereocenters. The minimum Gasteiger partial charge on any atom is -0.393 e. The van der Waals surface area contributed by atoms with Crippen LogP contribution in [0.15, 0.2) is 18.2 Å². The van der Waals surface area contributed by atoms with E-state index in [4.69, 9.17) is 0 Å². The molecule has 0 spiro atoms.